The number of hydrogen-bond donors (Lipinski definition) is 0. The molecule has 3 fully saturated rings. The van der Waals surface area contributed by atoms with Gasteiger partial charge in [0.1, 0.15) is 11.8 Å². The molecule has 38 heavy (non-hydrogen) atoms. The van der Waals surface area contributed by atoms with E-state index in [2.05, 4.69) is 0 Å². The number of thiophene rings is 1. The zero-order chi connectivity index (χ0) is 26.7. The molecule has 1 spiro atoms. The minimum atomic E-state index is -0.976. The van der Waals surface area contributed by atoms with E-state index < -0.39 is 11.8 Å². The second kappa shape index (κ2) is 11.2. The van der Waals surface area contributed by atoms with E-state index >= 15 is 0 Å². The molecule has 1 aromatic heterocycles. The average Bonchev–Trinajstić information content (AvgIpc) is 3.62. The third-order valence-electron chi connectivity index (χ3n) is 7.70. The lowest BCUT2D eigenvalue weighted by Crippen LogP contribution is -2.60. The lowest BCUT2D eigenvalue weighted by Gasteiger charge is -2.45. The SMILES string of the molecule is CCOC(=O)[C@@H]1CCCN(C(=O)[C@H]2COC3(CCN(C(=O)c4cccs4)CC3)N2C(=O)c2ccccc2)C1. The number of benzene rings is 1. The molecule has 0 unspecified atom stereocenters. The second-order valence-electron chi connectivity index (χ2n) is 9.96. The number of carbonyl (C=O) groups excluding carboxylic acids is 4. The van der Waals surface area contributed by atoms with Crippen LogP contribution in [0.4, 0.5) is 0 Å². The fourth-order valence-electron chi connectivity index (χ4n) is 5.73. The molecule has 1 aromatic carbocycles. The monoisotopic (exact) mass is 539 g/mol. The number of hydrogen-bond acceptors (Lipinski definition) is 7. The number of likely N-dealkylation sites (tertiary alicyclic amines) is 2. The van der Waals surface area contributed by atoms with Gasteiger partial charge in [-0.2, -0.15) is 0 Å². The Morgan fingerprint density at radius 1 is 1.00 bits per heavy atom. The molecule has 3 amide bonds. The molecule has 9 nitrogen and oxygen atoms in total. The topological polar surface area (TPSA) is 96.5 Å². The smallest absolute Gasteiger partial charge is 0.310 e. The van der Waals surface area contributed by atoms with Gasteiger partial charge in [0.25, 0.3) is 11.8 Å². The van der Waals surface area contributed by atoms with Crippen LogP contribution < -0.4 is 0 Å². The first kappa shape index (κ1) is 26.4. The predicted octanol–water partition coefficient (Wildman–Crippen LogP) is 3.02. The van der Waals surface area contributed by atoms with Crippen LogP contribution >= 0.6 is 11.3 Å². The van der Waals surface area contributed by atoms with Crippen LogP contribution in [0.15, 0.2) is 47.8 Å². The van der Waals surface area contributed by atoms with Gasteiger partial charge in [0.15, 0.2) is 0 Å². The Kier molecular flexibility index (Phi) is 7.80. The Labute approximate surface area is 226 Å². The Morgan fingerprint density at radius 2 is 1.76 bits per heavy atom. The largest absolute Gasteiger partial charge is 0.466 e. The van der Waals surface area contributed by atoms with Crippen molar-refractivity contribution in [1.29, 1.82) is 0 Å². The number of carbonyl (C=O) groups is 4. The van der Waals surface area contributed by atoms with Crippen molar-refractivity contribution in [2.75, 3.05) is 39.4 Å². The minimum absolute atomic E-state index is 0.0280. The number of nitrogens with zero attached hydrogens (tertiary/aromatic N) is 3. The van der Waals surface area contributed by atoms with Crippen LogP contribution in [0.2, 0.25) is 0 Å². The molecule has 0 radical (unpaired) electrons. The van der Waals surface area contributed by atoms with Gasteiger partial charge in [-0.1, -0.05) is 24.3 Å². The summed E-state index contributed by atoms with van der Waals surface area (Å²) >= 11 is 1.41. The maximum absolute atomic E-state index is 13.9. The van der Waals surface area contributed by atoms with E-state index in [4.69, 9.17) is 9.47 Å². The zero-order valence-electron chi connectivity index (χ0n) is 21.5. The number of piperidine rings is 2. The van der Waals surface area contributed by atoms with Crippen molar-refractivity contribution < 1.29 is 28.7 Å². The second-order valence-corrected chi connectivity index (χ2v) is 10.9. The average molecular weight is 540 g/mol. The third kappa shape index (κ3) is 5.07. The summed E-state index contributed by atoms with van der Waals surface area (Å²) in [6.07, 6.45) is 2.20. The normalized spacial score (nSPS) is 22.9. The highest BCUT2D eigenvalue weighted by atomic mass is 32.1. The molecule has 2 aromatic rings. The highest BCUT2D eigenvalue weighted by Crippen LogP contribution is 2.39. The van der Waals surface area contributed by atoms with Crippen LogP contribution in [0.1, 0.15) is 52.6 Å². The lowest BCUT2D eigenvalue weighted by atomic mass is 9.95. The molecule has 3 saturated heterocycles. The standard InChI is InChI=1S/C28H33N3O6S/c1-2-36-27(35)21-10-6-14-30(18-21)25(33)22-19-37-28(31(22)24(32)20-8-4-3-5-9-20)12-15-29(16-13-28)26(34)23-11-7-17-38-23/h3-5,7-9,11,17,21-22H,2,6,10,12-16,18-19H2,1H3/t21-,22-/m1/s1. The Bertz CT molecular complexity index is 1160. The molecular formula is C28H33N3O6S. The van der Waals surface area contributed by atoms with Crippen molar-refractivity contribution in [2.24, 2.45) is 5.92 Å². The Hall–Kier alpha value is -3.24. The number of esters is 1. The quantitative estimate of drug-likeness (QED) is 0.542. The van der Waals surface area contributed by atoms with Gasteiger partial charge in [-0.05, 0) is 43.3 Å². The minimum Gasteiger partial charge on any atom is -0.466 e. The molecule has 0 bridgehead atoms. The van der Waals surface area contributed by atoms with Gasteiger partial charge in [-0.3, -0.25) is 24.1 Å². The maximum Gasteiger partial charge on any atom is 0.310 e. The van der Waals surface area contributed by atoms with Gasteiger partial charge < -0.3 is 19.3 Å². The lowest BCUT2D eigenvalue weighted by molar-refractivity contribution is -0.152. The van der Waals surface area contributed by atoms with E-state index in [0.717, 1.165) is 0 Å². The van der Waals surface area contributed by atoms with Crippen molar-refractivity contribution >= 4 is 35.0 Å². The molecule has 3 aliphatic rings. The molecule has 3 aliphatic heterocycles. The van der Waals surface area contributed by atoms with Crippen LogP contribution in [-0.4, -0.2) is 89.6 Å². The highest BCUT2D eigenvalue weighted by molar-refractivity contribution is 7.12. The van der Waals surface area contributed by atoms with Crippen LogP contribution in [0.25, 0.3) is 0 Å². The van der Waals surface area contributed by atoms with Crippen molar-refractivity contribution in [2.45, 2.75) is 44.4 Å². The fraction of sp³-hybridized carbons (Fsp3) is 0.500. The summed E-state index contributed by atoms with van der Waals surface area (Å²) in [5.74, 6) is -1.16. The van der Waals surface area contributed by atoms with Gasteiger partial charge in [0.05, 0.1) is 24.0 Å². The number of amides is 3. The number of rotatable bonds is 5. The predicted molar refractivity (Wildman–Crippen MR) is 140 cm³/mol. The molecule has 2 atom stereocenters. The third-order valence-corrected chi connectivity index (χ3v) is 8.56. The summed E-state index contributed by atoms with van der Waals surface area (Å²) in [5.41, 5.74) is -0.495. The molecular weight excluding hydrogens is 506 g/mol. The van der Waals surface area contributed by atoms with E-state index in [0.29, 0.717) is 62.4 Å². The molecule has 202 valence electrons. The zero-order valence-corrected chi connectivity index (χ0v) is 22.4. The van der Waals surface area contributed by atoms with Crippen molar-refractivity contribution in [1.82, 2.24) is 14.7 Å². The van der Waals surface area contributed by atoms with E-state index in [1.165, 1.54) is 11.3 Å². The van der Waals surface area contributed by atoms with E-state index in [-0.39, 0.29) is 42.8 Å². The summed E-state index contributed by atoms with van der Waals surface area (Å²) in [6.45, 7) is 3.79. The van der Waals surface area contributed by atoms with Crippen LogP contribution in [-0.2, 0) is 19.1 Å². The molecule has 0 N–H and O–H groups in total. The summed E-state index contributed by atoms with van der Waals surface area (Å²) in [7, 11) is 0. The van der Waals surface area contributed by atoms with Crippen LogP contribution in [0, 0.1) is 5.92 Å². The maximum atomic E-state index is 13.9. The first-order chi connectivity index (χ1) is 18.4. The molecule has 4 heterocycles. The van der Waals surface area contributed by atoms with Crippen LogP contribution in [0.5, 0.6) is 0 Å². The van der Waals surface area contributed by atoms with Gasteiger partial charge in [-0.15, -0.1) is 11.3 Å². The van der Waals surface area contributed by atoms with Gasteiger partial charge >= 0.3 is 5.97 Å². The molecule has 0 aliphatic carbocycles. The van der Waals surface area contributed by atoms with Crippen molar-refractivity contribution in [3.05, 3.63) is 58.3 Å². The van der Waals surface area contributed by atoms with E-state index in [9.17, 15) is 19.2 Å². The Morgan fingerprint density at radius 3 is 2.45 bits per heavy atom. The van der Waals surface area contributed by atoms with Crippen LogP contribution in [0.3, 0.4) is 0 Å². The highest BCUT2D eigenvalue weighted by Gasteiger charge is 2.55. The first-order valence-corrected chi connectivity index (χ1v) is 14.1. The summed E-state index contributed by atoms with van der Waals surface area (Å²) in [5, 5.41) is 1.88. The molecule has 5 rings (SSSR count). The fourth-order valence-corrected chi connectivity index (χ4v) is 6.42. The Balaban J connectivity index is 1.37. The first-order valence-electron chi connectivity index (χ1n) is 13.2. The van der Waals surface area contributed by atoms with Gasteiger partial charge in [0.2, 0.25) is 5.91 Å². The summed E-state index contributed by atoms with van der Waals surface area (Å²) in [6, 6.07) is 11.8. The summed E-state index contributed by atoms with van der Waals surface area (Å²) in [4.78, 5) is 58.8. The molecule has 10 heteroatoms. The summed E-state index contributed by atoms with van der Waals surface area (Å²) < 4.78 is 11.5. The van der Waals surface area contributed by atoms with Crippen molar-refractivity contribution in [3.8, 4) is 0 Å². The van der Waals surface area contributed by atoms with E-state index in [1.54, 1.807) is 45.9 Å². The van der Waals surface area contributed by atoms with E-state index in [1.807, 2.05) is 23.6 Å². The van der Waals surface area contributed by atoms with Gasteiger partial charge in [0, 0.05) is 44.6 Å². The number of ether oxygens (including phenoxy) is 2. The molecule has 0 saturated carbocycles. The van der Waals surface area contributed by atoms with Gasteiger partial charge in [-0.25, -0.2) is 0 Å². The van der Waals surface area contributed by atoms with Crippen molar-refractivity contribution in [3.63, 3.8) is 0 Å².